The van der Waals surface area contributed by atoms with Gasteiger partial charge >= 0.3 is 0 Å². The second-order valence-electron chi connectivity index (χ2n) is 3.11. The normalized spacial score (nSPS) is 38.7. The van der Waals surface area contributed by atoms with Crippen LogP contribution in [-0.4, -0.2) is 29.0 Å². The zero-order valence-electron chi connectivity index (χ0n) is 7.42. The smallest absolute Gasteiger partial charge is 0.258 e. The fourth-order valence-corrected chi connectivity index (χ4v) is 5.25. The second-order valence-corrected chi connectivity index (χ2v) is 6.19. The van der Waals surface area contributed by atoms with Gasteiger partial charge in [-0.05, 0) is 13.8 Å². The van der Waals surface area contributed by atoms with Crippen molar-refractivity contribution in [3.63, 3.8) is 0 Å². The number of hydrogen-bond donors (Lipinski definition) is 0. The molecular formula is C6H8O6S2. The molecule has 0 aromatic heterocycles. The first kappa shape index (κ1) is 10.1. The molecule has 0 spiro atoms. The van der Waals surface area contributed by atoms with Crippen LogP contribution in [0.3, 0.4) is 0 Å². The van der Waals surface area contributed by atoms with Gasteiger partial charge < -0.3 is 0 Å². The highest BCUT2D eigenvalue weighted by atomic mass is 32.2. The molecule has 0 fully saturated rings. The maximum Gasteiger partial charge on any atom is 0.297 e. The van der Waals surface area contributed by atoms with E-state index in [2.05, 4.69) is 8.37 Å². The minimum Gasteiger partial charge on any atom is -0.258 e. The summed E-state index contributed by atoms with van der Waals surface area (Å²) in [6.45, 7) is 2.72. The molecule has 2 heterocycles. The molecule has 2 unspecified atom stereocenters. The molecule has 14 heavy (non-hydrogen) atoms. The molecule has 0 aromatic carbocycles. The Kier molecular flexibility index (Phi) is 1.85. The Morgan fingerprint density at radius 1 is 0.857 bits per heavy atom. The van der Waals surface area contributed by atoms with E-state index < -0.39 is 32.4 Å². The zero-order valence-corrected chi connectivity index (χ0v) is 9.05. The summed E-state index contributed by atoms with van der Waals surface area (Å²) in [5.41, 5.74) is 0. The van der Waals surface area contributed by atoms with E-state index in [0.29, 0.717) is 0 Å². The molecule has 0 saturated carbocycles. The minimum atomic E-state index is -3.92. The van der Waals surface area contributed by atoms with Gasteiger partial charge in [0.1, 0.15) is 22.0 Å². The first-order chi connectivity index (χ1) is 6.26. The molecule has 0 saturated heterocycles. The van der Waals surface area contributed by atoms with Crippen molar-refractivity contribution in [2.75, 3.05) is 0 Å². The molecule has 0 radical (unpaired) electrons. The molecule has 8 heteroatoms. The largest absolute Gasteiger partial charge is 0.297 e. The van der Waals surface area contributed by atoms with Gasteiger partial charge in [0, 0.05) is 0 Å². The summed E-state index contributed by atoms with van der Waals surface area (Å²) in [5, 5.41) is 0. The molecule has 2 rings (SSSR count). The molecule has 6 nitrogen and oxygen atoms in total. The van der Waals surface area contributed by atoms with Crippen LogP contribution in [0.4, 0.5) is 0 Å². The van der Waals surface area contributed by atoms with E-state index in [9.17, 15) is 16.8 Å². The van der Waals surface area contributed by atoms with Gasteiger partial charge in [-0.1, -0.05) is 0 Å². The Morgan fingerprint density at radius 2 is 1.14 bits per heavy atom. The summed E-state index contributed by atoms with van der Waals surface area (Å²) in [6.07, 6.45) is -1.96. The number of rotatable bonds is 0. The van der Waals surface area contributed by atoms with Gasteiger partial charge in [0.15, 0.2) is 0 Å². The van der Waals surface area contributed by atoms with Crippen LogP contribution in [0.5, 0.6) is 0 Å². The summed E-state index contributed by atoms with van der Waals surface area (Å²) < 4.78 is 54.4. The Labute approximate surface area is 81.8 Å². The third-order valence-electron chi connectivity index (χ3n) is 2.06. The lowest BCUT2D eigenvalue weighted by molar-refractivity contribution is 0.259. The highest BCUT2D eigenvalue weighted by molar-refractivity contribution is 7.96. The molecule has 2 atom stereocenters. The highest BCUT2D eigenvalue weighted by Crippen LogP contribution is 2.41. The van der Waals surface area contributed by atoms with E-state index in [1.54, 1.807) is 0 Å². The van der Waals surface area contributed by atoms with Crippen molar-refractivity contribution < 1.29 is 25.2 Å². The minimum absolute atomic E-state index is 0.259. The Bertz CT molecular complexity index is 463. The predicted molar refractivity (Wildman–Crippen MR) is 46.0 cm³/mol. The van der Waals surface area contributed by atoms with Gasteiger partial charge in [-0.2, -0.15) is 16.8 Å². The molecule has 0 amide bonds. The third kappa shape index (κ3) is 1.14. The quantitative estimate of drug-likeness (QED) is 0.540. The lowest BCUT2D eigenvalue weighted by Crippen LogP contribution is -2.19. The van der Waals surface area contributed by atoms with E-state index >= 15 is 0 Å². The SMILES string of the molecule is CC1OS(=O)(=O)C2=C1S(=O)(=O)OC2C. The maximum absolute atomic E-state index is 11.3. The Morgan fingerprint density at radius 3 is 1.43 bits per heavy atom. The molecule has 2 aliphatic heterocycles. The van der Waals surface area contributed by atoms with E-state index in [1.807, 2.05) is 0 Å². The number of hydrogen-bond acceptors (Lipinski definition) is 6. The molecule has 0 N–H and O–H groups in total. The first-order valence-electron chi connectivity index (χ1n) is 3.86. The summed E-state index contributed by atoms with van der Waals surface area (Å²) in [7, 11) is -7.84. The molecule has 0 bridgehead atoms. The van der Waals surface area contributed by atoms with E-state index in [4.69, 9.17) is 0 Å². The van der Waals surface area contributed by atoms with Gasteiger partial charge in [0.05, 0.1) is 0 Å². The Hall–Kier alpha value is -0.440. The van der Waals surface area contributed by atoms with Crippen molar-refractivity contribution in [1.82, 2.24) is 0 Å². The summed E-state index contributed by atoms with van der Waals surface area (Å²) >= 11 is 0. The van der Waals surface area contributed by atoms with Crippen LogP contribution < -0.4 is 0 Å². The maximum atomic E-state index is 11.3. The fraction of sp³-hybridized carbons (Fsp3) is 0.667. The topological polar surface area (TPSA) is 86.7 Å². The summed E-state index contributed by atoms with van der Waals surface area (Å²) in [5.74, 6) is 0. The third-order valence-corrected chi connectivity index (χ3v) is 5.46. The average Bonchev–Trinajstić information content (AvgIpc) is 2.31. The van der Waals surface area contributed by atoms with Crippen LogP contribution >= 0.6 is 0 Å². The molecule has 2 aliphatic rings. The van der Waals surface area contributed by atoms with Crippen LogP contribution in [-0.2, 0) is 28.6 Å². The average molecular weight is 240 g/mol. The van der Waals surface area contributed by atoms with E-state index in [-0.39, 0.29) is 9.81 Å². The standard InChI is InChI=1S/C6H8O6S2/c1-3-5-6(14(9,10)11-3)4(2)12-13(5,7)8/h3-4H,1-2H3. The van der Waals surface area contributed by atoms with Crippen molar-refractivity contribution in [3.8, 4) is 0 Å². The van der Waals surface area contributed by atoms with Crippen molar-refractivity contribution in [2.45, 2.75) is 26.1 Å². The van der Waals surface area contributed by atoms with Crippen LogP contribution in [0.25, 0.3) is 0 Å². The molecular weight excluding hydrogens is 232 g/mol. The van der Waals surface area contributed by atoms with Crippen molar-refractivity contribution >= 4 is 20.2 Å². The highest BCUT2D eigenvalue weighted by Gasteiger charge is 2.51. The van der Waals surface area contributed by atoms with Gasteiger partial charge in [-0.3, -0.25) is 8.37 Å². The second kappa shape index (κ2) is 2.57. The van der Waals surface area contributed by atoms with Crippen LogP contribution in [0.15, 0.2) is 9.81 Å². The van der Waals surface area contributed by atoms with Crippen molar-refractivity contribution in [3.05, 3.63) is 9.81 Å². The lowest BCUT2D eigenvalue weighted by Gasteiger charge is -2.08. The van der Waals surface area contributed by atoms with Crippen molar-refractivity contribution in [1.29, 1.82) is 0 Å². The van der Waals surface area contributed by atoms with Gasteiger partial charge in [0.2, 0.25) is 0 Å². The molecule has 0 aliphatic carbocycles. The summed E-state index contributed by atoms with van der Waals surface area (Å²) in [6, 6.07) is 0. The van der Waals surface area contributed by atoms with Crippen molar-refractivity contribution in [2.24, 2.45) is 0 Å². The van der Waals surface area contributed by atoms with Gasteiger partial charge in [-0.25, -0.2) is 0 Å². The lowest BCUT2D eigenvalue weighted by atomic mass is 10.3. The van der Waals surface area contributed by atoms with Crippen LogP contribution in [0, 0.1) is 0 Å². The zero-order chi connectivity index (χ0) is 10.7. The van der Waals surface area contributed by atoms with E-state index in [0.717, 1.165) is 0 Å². The Balaban J connectivity index is 2.76. The molecule has 0 aromatic rings. The molecule has 80 valence electrons. The fourth-order valence-electron chi connectivity index (χ4n) is 1.62. The predicted octanol–water partition coefficient (Wildman–Crippen LogP) is -0.305. The monoisotopic (exact) mass is 240 g/mol. The first-order valence-corrected chi connectivity index (χ1v) is 6.68. The van der Waals surface area contributed by atoms with Crippen LogP contribution in [0.1, 0.15) is 13.8 Å². The van der Waals surface area contributed by atoms with Gasteiger partial charge in [-0.15, -0.1) is 0 Å². The van der Waals surface area contributed by atoms with Crippen LogP contribution in [0.2, 0.25) is 0 Å². The van der Waals surface area contributed by atoms with Gasteiger partial charge in [0.25, 0.3) is 20.2 Å². The van der Waals surface area contributed by atoms with E-state index in [1.165, 1.54) is 13.8 Å². The summed E-state index contributed by atoms with van der Waals surface area (Å²) in [4.78, 5) is -0.519.